The molecule has 242 valence electrons. The van der Waals surface area contributed by atoms with Gasteiger partial charge in [0.05, 0.1) is 13.7 Å². The predicted octanol–water partition coefficient (Wildman–Crippen LogP) is 9.19. The third kappa shape index (κ3) is 11.7. The zero-order valence-electron chi connectivity index (χ0n) is 26.8. The second-order valence-corrected chi connectivity index (χ2v) is 12.8. The SMILES string of the molecule is CCCCCCCCCCCCCCOc1cccc(OP(=O)([O-])Oc2cccc(C[n+]3ccc4ccccc4c3)c2)c1OC. The van der Waals surface area contributed by atoms with Gasteiger partial charge in [-0.15, -0.1) is 0 Å². The van der Waals surface area contributed by atoms with Gasteiger partial charge in [0.2, 0.25) is 5.75 Å². The number of nitrogens with zero attached hydrogens (tertiary/aromatic N) is 1. The molecule has 8 heteroatoms. The van der Waals surface area contributed by atoms with Gasteiger partial charge < -0.3 is 23.4 Å². The quantitative estimate of drug-likeness (QED) is 0.0517. The highest BCUT2D eigenvalue weighted by molar-refractivity contribution is 7.46. The van der Waals surface area contributed by atoms with E-state index in [1.807, 2.05) is 29.0 Å². The number of rotatable bonds is 21. The van der Waals surface area contributed by atoms with E-state index in [-0.39, 0.29) is 17.2 Å². The minimum Gasteiger partial charge on any atom is -0.736 e. The molecule has 1 atom stereocenters. The Morgan fingerprint density at radius 1 is 0.711 bits per heavy atom. The maximum Gasteiger partial charge on any atom is 0.372 e. The van der Waals surface area contributed by atoms with Gasteiger partial charge in [-0.05, 0) is 42.1 Å². The van der Waals surface area contributed by atoms with Crippen molar-refractivity contribution in [1.29, 1.82) is 0 Å². The summed E-state index contributed by atoms with van der Waals surface area (Å²) >= 11 is 0. The molecule has 0 N–H and O–H groups in total. The van der Waals surface area contributed by atoms with Crippen LogP contribution in [0.4, 0.5) is 0 Å². The molecule has 0 bridgehead atoms. The number of unbranched alkanes of at least 4 members (excludes halogenated alkanes) is 11. The molecule has 1 heterocycles. The molecule has 0 amide bonds. The van der Waals surface area contributed by atoms with Crippen LogP contribution in [0.2, 0.25) is 0 Å². The first-order chi connectivity index (χ1) is 22.0. The number of methoxy groups -OCH3 is 1. The molecule has 0 aliphatic carbocycles. The van der Waals surface area contributed by atoms with Crippen LogP contribution in [0.15, 0.2) is 85.2 Å². The highest BCUT2D eigenvalue weighted by atomic mass is 31.2. The average molecular weight is 634 g/mol. The van der Waals surface area contributed by atoms with Crippen LogP contribution in [0.5, 0.6) is 23.0 Å². The summed E-state index contributed by atoms with van der Waals surface area (Å²) in [7, 11) is -3.32. The van der Waals surface area contributed by atoms with E-state index < -0.39 is 7.82 Å². The molecule has 3 aromatic carbocycles. The maximum absolute atomic E-state index is 12.9. The summed E-state index contributed by atoms with van der Waals surface area (Å²) < 4.78 is 37.1. The molecule has 4 aromatic rings. The van der Waals surface area contributed by atoms with Gasteiger partial charge in [0.15, 0.2) is 30.4 Å². The van der Waals surface area contributed by atoms with Gasteiger partial charge >= 0.3 is 7.82 Å². The van der Waals surface area contributed by atoms with Crippen molar-refractivity contribution >= 4 is 18.6 Å². The second kappa shape index (κ2) is 18.4. The fourth-order valence-electron chi connectivity index (χ4n) is 5.46. The number of fused-ring (bicyclic) bond motifs is 1. The minimum absolute atomic E-state index is 0.0194. The lowest BCUT2D eigenvalue weighted by atomic mass is 10.1. The first-order valence-corrected chi connectivity index (χ1v) is 17.9. The zero-order valence-corrected chi connectivity index (χ0v) is 27.7. The minimum atomic E-state index is -4.78. The summed E-state index contributed by atoms with van der Waals surface area (Å²) in [6.07, 6.45) is 19.3. The van der Waals surface area contributed by atoms with E-state index in [1.165, 1.54) is 77.4 Å². The lowest BCUT2D eigenvalue weighted by molar-refractivity contribution is -0.687. The molecule has 0 saturated carbocycles. The highest BCUT2D eigenvalue weighted by Gasteiger charge is 2.20. The number of phosphoric acid groups is 1. The number of hydrogen-bond acceptors (Lipinski definition) is 6. The van der Waals surface area contributed by atoms with Crippen LogP contribution in [0.3, 0.4) is 0 Å². The van der Waals surface area contributed by atoms with Crippen LogP contribution in [-0.2, 0) is 11.1 Å². The molecule has 7 nitrogen and oxygen atoms in total. The van der Waals surface area contributed by atoms with Gasteiger partial charge in [-0.1, -0.05) is 114 Å². The maximum atomic E-state index is 12.9. The van der Waals surface area contributed by atoms with Crippen molar-refractivity contribution in [1.82, 2.24) is 0 Å². The molecule has 0 aliphatic heterocycles. The van der Waals surface area contributed by atoms with E-state index >= 15 is 0 Å². The monoisotopic (exact) mass is 633 g/mol. The average Bonchev–Trinajstić information content (AvgIpc) is 3.03. The number of ether oxygens (including phenoxy) is 2. The molecule has 0 aliphatic rings. The fourth-order valence-corrected chi connectivity index (χ4v) is 6.26. The fraction of sp³-hybridized carbons (Fsp3) is 0.432. The van der Waals surface area contributed by atoms with Crippen molar-refractivity contribution in [3.8, 4) is 23.0 Å². The summed E-state index contributed by atoms with van der Waals surface area (Å²) in [5, 5.41) is 2.28. The molecule has 0 radical (unpaired) electrons. The Bertz CT molecular complexity index is 1510. The van der Waals surface area contributed by atoms with Crippen molar-refractivity contribution in [3.05, 3.63) is 90.8 Å². The van der Waals surface area contributed by atoms with E-state index in [2.05, 4.69) is 31.3 Å². The van der Waals surface area contributed by atoms with E-state index in [0.29, 0.717) is 18.9 Å². The van der Waals surface area contributed by atoms with Gasteiger partial charge in [-0.2, -0.15) is 0 Å². The first-order valence-electron chi connectivity index (χ1n) is 16.4. The Balaban J connectivity index is 1.23. The largest absolute Gasteiger partial charge is 0.736 e. The van der Waals surface area contributed by atoms with Crippen LogP contribution >= 0.6 is 7.82 Å². The van der Waals surface area contributed by atoms with Crippen LogP contribution in [-0.4, -0.2) is 13.7 Å². The zero-order chi connectivity index (χ0) is 31.7. The molecule has 0 fully saturated rings. The van der Waals surface area contributed by atoms with Crippen molar-refractivity contribution in [2.75, 3.05) is 13.7 Å². The van der Waals surface area contributed by atoms with Gasteiger partial charge in [0, 0.05) is 17.0 Å². The number of phosphoric ester groups is 1. The highest BCUT2D eigenvalue weighted by Crippen LogP contribution is 2.46. The van der Waals surface area contributed by atoms with Gasteiger partial charge in [-0.3, -0.25) is 0 Å². The van der Waals surface area contributed by atoms with Crippen molar-refractivity contribution < 1.29 is 32.5 Å². The summed E-state index contributed by atoms with van der Waals surface area (Å²) in [6, 6.07) is 22.1. The molecule has 4 rings (SSSR count). The Kier molecular flexibility index (Phi) is 14.1. The van der Waals surface area contributed by atoms with Crippen molar-refractivity contribution in [3.63, 3.8) is 0 Å². The summed E-state index contributed by atoms with van der Waals surface area (Å²) in [5.41, 5.74) is 0.888. The lowest BCUT2D eigenvalue weighted by Crippen LogP contribution is -2.33. The van der Waals surface area contributed by atoms with E-state index in [9.17, 15) is 9.46 Å². The molecule has 1 unspecified atom stereocenters. The topological polar surface area (TPSA) is 80.9 Å². The van der Waals surface area contributed by atoms with Crippen molar-refractivity contribution in [2.45, 2.75) is 90.5 Å². The Morgan fingerprint density at radius 3 is 2.07 bits per heavy atom. The number of hydrogen-bond donors (Lipinski definition) is 0. The molecular weight excluding hydrogens is 585 g/mol. The van der Waals surface area contributed by atoms with E-state index in [0.717, 1.165) is 29.2 Å². The van der Waals surface area contributed by atoms with Crippen LogP contribution in [0.1, 0.15) is 89.5 Å². The Morgan fingerprint density at radius 2 is 1.36 bits per heavy atom. The van der Waals surface area contributed by atoms with Gasteiger partial charge in [0.25, 0.3) is 0 Å². The number of aromatic nitrogens is 1. The smallest absolute Gasteiger partial charge is 0.372 e. The molecule has 45 heavy (non-hydrogen) atoms. The normalized spacial score (nSPS) is 12.5. The predicted molar refractivity (Wildman–Crippen MR) is 178 cm³/mol. The standard InChI is InChI=1S/C37H48NO6P/c1-3-4-5-6-7-8-9-10-11-12-13-16-27-42-35-23-18-24-36(37(35)41-2)44-45(39,40)43-34-22-17-19-31(28-34)29-38-26-25-32-20-14-15-21-33(32)30-38/h14-15,17-26,28,30H,3-13,16,27,29H2,1-2H3. The van der Waals surface area contributed by atoms with Crippen LogP contribution in [0, 0.1) is 0 Å². The molecule has 0 saturated heterocycles. The molecule has 1 aromatic heterocycles. The van der Waals surface area contributed by atoms with E-state index in [1.54, 1.807) is 30.3 Å². The van der Waals surface area contributed by atoms with Crippen LogP contribution in [0.25, 0.3) is 10.8 Å². The van der Waals surface area contributed by atoms with Crippen molar-refractivity contribution in [2.24, 2.45) is 0 Å². The first kappa shape index (κ1) is 34.3. The van der Waals surface area contributed by atoms with Gasteiger partial charge in [-0.25, -0.2) is 9.13 Å². The number of pyridine rings is 1. The molecule has 0 spiro atoms. The molecular formula is C37H48NO6P. The number of para-hydroxylation sites is 1. The third-order valence-corrected chi connectivity index (χ3v) is 8.69. The van der Waals surface area contributed by atoms with Gasteiger partial charge in [0.1, 0.15) is 5.75 Å². The summed E-state index contributed by atoms with van der Waals surface area (Å²) in [4.78, 5) is 12.9. The third-order valence-electron chi connectivity index (χ3n) is 7.84. The number of benzene rings is 3. The van der Waals surface area contributed by atoms with Crippen LogP contribution < -0.4 is 28.0 Å². The Labute approximate surface area is 268 Å². The summed E-state index contributed by atoms with van der Waals surface area (Å²) in [6.45, 7) is 3.33. The summed E-state index contributed by atoms with van der Waals surface area (Å²) in [5.74, 6) is 0.849. The lowest BCUT2D eigenvalue weighted by Gasteiger charge is -2.25. The van der Waals surface area contributed by atoms with E-state index in [4.69, 9.17) is 18.5 Å². The Hall–Kier alpha value is -3.54. The second-order valence-electron chi connectivity index (χ2n) is 11.5.